The number of pyridine rings is 1. The molecule has 280 valence electrons. The van der Waals surface area contributed by atoms with Gasteiger partial charge in [-0.3, -0.25) is 4.79 Å². The third kappa shape index (κ3) is 12.4. The number of aryl methyl sites for hydroxylation is 4. The molecule has 0 aliphatic heterocycles. The van der Waals surface area contributed by atoms with Crippen LogP contribution >= 0.6 is 80.8 Å². The van der Waals surface area contributed by atoms with E-state index in [4.69, 9.17) is 15.0 Å². The lowest BCUT2D eigenvalue weighted by Crippen LogP contribution is -2.11. The first-order chi connectivity index (χ1) is 24.6. The fourth-order valence-electron chi connectivity index (χ4n) is 5.19. The van der Waals surface area contributed by atoms with E-state index in [2.05, 4.69) is 171 Å². The number of aromatic nitrogens is 3. The molecule has 0 spiro atoms. The van der Waals surface area contributed by atoms with E-state index >= 15 is 0 Å². The van der Waals surface area contributed by atoms with Gasteiger partial charge in [0.15, 0.2) is 5.78 Å². The first-order valence-corrected chi connectivity index (χ1v) is 21.7. The van der Waals surface area contributed by atoms with Crippen molar-refractivity contribution in [3.63, 3.8) is 0 Å². The number of halogens is 2. The summed E-state index contributed by atoms with van der Waals surface area (Å²) < 4.78 is 4.53. The van der Waals surface area contributed by atoms with Crippen molar-refractivity contribution in [3.8, 4) is 10.7 Å². The minimum Gasteiger partial charge on any atom is -0.289 e. The zero-order valence-corrected chi connectivity index (χ0v) is 38.6. The topological polar surface area (TPSA) is 83.4 Å². The van der Waals surface area contributed by atoms with E-state index in [-0.39, 0.29) is 5.78 Å². The number of fused-ring (bicyclic) bond motifs is 2. The highest BCUT2D eigenvalue weighted by Gasteiger charge is 2.23. The number of ketones is 1. The maximum absolute atomic E-state index is 12.4. The molecule has 12 heteroatoms. The van der Waals surface area contributed by atoms with Gasteiger partial charge >= 0.3 is 0 Å². The molecule has 0 radical (unpaired) electrons. The van der Waals surface area contributed by atoms with Crippen LogP contribution < -0.4 is 0 Å². The summed E-state index contributed by atoms with van der Waals surface area (Å²) in [5.41, 5.74) is 13.7. The van der Waals surface area contributed by atoms with E-state index in [1.54, 1.807) is 35.7 Å². The van der Waals surface area contributed by atoms with Gasteiger partial charge in [0.2, 0.25) is 0 Å². The summed E-state index contributed by atoms with van der Waals surface area (Å²) in [4.78, 5) is 30.9. The molecule has 5 aromatic rings. The minimum absolute atomic E-state index is 0.107. The third-order valence-electron chi connectivity index (χ3n) is 8.44. The Kier molecular flexibility index (Phi) is 18.3. The highest BCUT2D eigenvalue weighted by Crippen LogP contribution is 2.34. The van der Waals surface area contributed by atoms with Gasteiger partial charge < -0.3 is 0 Å². The van der Waals surface area contributed by atoms with Gasteiger partial charge in [0.25, 0.3) is 0 Å². The summed E-state index contributed by atoms with van der Waals surface area (Å²) in [6, 6.07) is 10.5. The van der Waals surface area contributed by atoms with Gasteiger partial charge in [0.1, 0.15) is 10.0 Å². The molecule has 3 aromatic heterocycles. The summed E-state index contributed by atoms with van der Waals surface area (Å²) in [6.45, 7) is 23.6. The Labute approximate surface area is 350 Å². The average Bonchev–Trinajstić information content (AvgIpc) is 3.79. The largest absolute Gasteiger partial charge is 0.289 e. The Bertz CT molecular complexity index is 1980. The molecule has 0 unspecified atom stereocenters. The van der Waals surface area contributed by atoms with Crippen LogP contribution in [0.25, 0.3) is 27.2 Å². The van der Waals surface area contributed by atoms with Crippen LogP contribution in [0.1, 0.15) is 114 Å². The second kappa shape index (κ2) is 21.3. The van der Waals surface area contributed by atoms with Crippen LogP contribution in [0.3, 0.4) is 0 Å². The van der Waals surface area contributed by atoms with E-state index in [9.17, 15) is 4.79 Å². The molecule has 0 atom stereocenters. The molecular formula is C40H49I2N3O4S3. The number of hydrogen-bond acceptors (Lipinski definition) is 10. The van der Waals surface area contributed by atoms with Crippen molar-refractivity contribution in [1.29, 1.82) is 0 Å². The van der Waals surface area contributed by atoms with Gasteiger partial charge in [-0.25, -0.2) is 19.8 Å². The molecule has 1 aliphatic carbocycles. The minimum atomic E-state index is 0.107. The monoisotopic (exact) mass is 985 g/mol. The molecule has 0 saturated heterocycles. The second-order valence-electron chi connectivity index (χ2n) is 13.0. The van der Waals surface area contributed by atoms with Gasteiger partial charge in [-0.15, -0.1) is 27.0 Å². The molecule has 0 saturated carbocycles. The Hall–Kier alpha value is -1.79. The maximum Gasteiger partial charge on any atom is 0.186 e. The molecule has 0 amide bonds. The maximum atomic E-state index is 12.4. The number of thiazole rings is 2. The van der Waals surface area contributed by atoms with Gasteiger partial charge in [0.05, 0.1) is 31.1 Å². The predicted octanol–water partition coefficient (Wildman–Crippen LogP) is 13.0. The van der Waals surface area contributed by atoms with E-state index in [0.29, 0.717) is 18.4 Å². The Balaban J connectivity index is 0.000000223. The van der Waals surface area contributed by atoms with Gasteiger partial charge in [-0.05, 0) is 111 Å². The van der Waals surface area contributed by atoms with Crippen molar-refractivity contribution in [2.45, 2.75) is 96.3 Å². The van der Waals surface area contributed by atoms with Crippen LogP contribution in [0.15, 0.2) is 47.2 Å². The molecule has 6 rings (SSSR count). The number of hydrogen-bond donors (Lipinski definition) is 1. The number of allylic oxidation sites excluding steroid dienone is 2. The molecule has 2 aromatic carbocycles. The Morgan fingerprint density at radius 1 is 0.808 bits per heavy atom. The standard InChI is InChI=1S/C18H20N2S.C18H19NOS.C2H4I2.C2H6O3S/c1-10(2)16-9-21-18(20-16)15-8-12(4)14-7-6-11(3)13(5)17(14)19-15;1-10(2)16-9-21-18(19-16)13-7-15-12(4)11(3)5-6-14(15)17(20)8-13;1-2(3)4;1-2-3-4-5-6/h6-10H,1-5H3;5-6,8-10H,7H2,1-4H3;2H,1H3;6H,2H2,1H3. The van der Waals surface area contributed by atoms with Crippen molar-refractivity contribution < 1.29 is 19.1 Å². The SMILES string of the molecule is CC(I)I.CCOOOS.Cc1ccc2c(C)cc(-c3nc(C(C)C)cs3)nc2c1C.Cc1ccc2c(c1C)CC(c1nc(C(C)C)cs1)=CC2=O. The van der Waals surface area contributed by atoms with Gasteiger partial charge in [0, 0.05) is 41.0 Å². The number of thiol groups is 1. The van der Waals surface area contributed by atoms with E-state index in [1.807, 2.05) is 12.1 Å². The third-order valence-corrected chi connectivity index (χ3v) is 10.3. The average molecular weight is 986 g/mol. The summed E-state index contributed by atoms with van der Waals surface area (Å²) in [7, 11) is 0. The summed E-state index contributed by atoms with van der Waals surface area (Å²) >= 11 is 11.2. The number of nitrogens with zero attached hydrogens (tertiary/aromatic N) is 3. The van der Waals surface area contributed by atoms with Crippen LogP contribution in [-0.4, -0.2) is 29.3 Å². The van der Waals surface area contributed by atoms with E-state index in [0.717, 1.165) is 52.1 Å². The lowest BCUT2D eigenvalue weighted by Gasteiger charge is -2.18. The van der Waals surface area contributed by atoms with Crippen LogP contribution in [0.4, 0.5) is 0 Å². The van der Waals surface area contributed by atoms with Crippen molar-refractivity contribution in [1.82, 2.24) is 15.0 Å². The first kappa shape index (κ1) is 44.6. The quantitative estimate of drug-likeness (QED) is 0.0331. The first-order valence-electron chi connectivity index (χ1n) is 17.1. The predicted molar refractivity (Wildman–Crippen MR) is 240 cm³/mol. The fourth-order valence-corrected chi connectivity index (χ4v) is 7.17. The summed E-state index contributed by atoms with van der Waals surface area (Å²) in [6.07, 6.45) is 2.57. The molecule has 0 N–H and O–H groups in total. The van der Waals surface area contributed by atoms with Crippen LogP contribution in [0.2, 0.25) is 0 Å². The molecular weight excluding hydrogens is 936 g/mol. The zero-order valence-electron chi connectivity index (χ0n) is 31.8. The zero-order chi connectivity index (χ0) is 38.7. The number of carbonyl (C=O) groups excluding carboxylic acids is 1. The molecule has 0 bridgehead atoms. The Morgan fingerprint density at radius 2 is 1.37 bits per heavy atom. The highest BCUT2D eigenvalue weighted by atomic mass is 127. The van der Waals surface area contributed by atoms with E-state index in [1.165, 1.54) is 38.8 Å². The second-order valence-corrected chi connectivity index (χ2v) is 21.0. The van der Waals surface area contributed by atoms with Crippen LogP contribution in [-0.2, 0) is 20.7 Å². The van der Waals surface area contributed by atoms with Gasteiger partial charge in [-0.1, -0.05) is 102 Å². The number of carbonyl (C=O) groups is 1. The van der Waals surface area contributed by atoms with Crippen molar-refractivity contribution in [2.75, 3.05) is 6.61 Å². The smallest absolute Gasteiger partial charge is 0.186 e. The fraction of sp³-hybridized carbons (Fsp3) is 0.400. The molecule has 3 heterocycles. The normalized spacial score (nSPS) is 12.2. The molecule has 7 nitrogen and oxygen atoms in total. The molecule has 52 heavy (non-hydrogen) atoms. The highest BCUT2D eigenvalue weighted by molar-refractivity contribution is 14.2. The molecule has 0 fully saturated rings. The summed E-state index contributed by atoms with van der Waals surface area (Å²) in [5, 5.41) is 11.3. The van der Waals surface area contributed by atoms with Crippen molar-refractivity contribution in [2.24, 2.45) is 0 Å². The number of rotatable bonds is 7. The van der Waals surface area contributed by atoms with Gasteiger partial charge in [-0.2, -0.15) is 0 Å². The van der Waals surface area contributed by atoms with Crippen LogP contribution in [0, 0.1) is 34.6 Å². The van der Waals surface area contributed by atoms with E-state index < -0.39 is 0 Å². The Morgan fingerprint density at radius 3 is 1.90 bits per heavy atom. The lowest BCUT2D eigenvalue weighted by molar-refractivity contribution is -0.457. The molecule has 1 aliphatic rings. The lowest BCUT2D eigenvalue weighted by atomic mass is 9.86. The number of benzene rings is 2. The van der Waals surface area contributed by atoms with Crippen molar-refractivity contribution in [3.05, 3.63) is 103 Å². The summed E-state index contributed by atoms with van der Waals surface area (Å²) in [5.74, 6) is 0.988. The van der Waals surface area contributed by atoms with Crippen molar-refractivity contribution >= 4 is 103 Å². The number of alkyl halides is 2. The van der Waals surface area contributed by atoms with Crippen LogP contribution in [0.5, 0.6) is 0 Å².